The summed E-state index contributed by atoms with van der Waals surface area (Å²) in [7, 11) is 1.48. The maximum atomic E-state index is 12.5. The summed E-state index contributed by atoms with van der Waals surface area (Å²) in [5.74, 6) is -0.468. The molecule has 1 aliphatic heterocycles. The number of hydrogen-bond donors (Lipinski definition) is 3. The predicted octanol–water partition coefficient (Wildman–Crippen LogP) is 3.37. The second-order valence-corrected chi connectivity index (χ2v) is 7.15. The quantitative estimate of drug-likeness (QED) is 0.412. The van der Waals surface area contributed by atoms with Crippen molar-refractivity contribution in [1.82, 2.24) is 15.6 Å². The van der Waals surface area contributed by atoms with Crippen molar-refractivity contribution in [2.45, 2.75) is 6.54 Å². The third-order valence-electron chi connectivity index (χ3n) is 5.02. The molecule has 1 aromatic heterocycles. The van der Waals surface area contributed by atoms with Gasteiger partial charge in [0, 0.05) is 36.3 Å². The van der Waals surface area contributed by atoms with Crippen LogP contribution in [0.2, 0.25) is 0 Å². The number of pyridine rings is 1. The van der Waals surface area contributed by atoms with Crippen molar-refractivity contribution >= 4 is 29.5 Å². The zero-order valence-corrected chi connectivity index (χ0v) is 17.3. The number of aromatic nitrogens is 1. The molecule has 3 aromatic rings. The number of imide groups is 1. The molecule has 4 rings (SSSR count). The Morgan fingerprint density at radius 3 is 2.50 bits per heavy atom. The number of hydrogen-bond acceptors (Lipinski definition) is 6. The summed E-state index contributed by atoms with van der Waals surface area (Å²) in [5.41, 5.74) is 4.00. The number of fused-ring (bicyclic) bond motifs is 1. The molecule has 0 spiro atoms. The van der Waals surface area contributed by atoms with E-state index in [-0.39, 0.29) is 5.75 Å². The number of phenolic OH excluding ortho intramolecular Hbond substituents is 1. The number of ether oxygens (including phenoxy) is 1. The molecule has 0 radical (unpaired) electrons. The summed E-state index contributed by atoms with van der Waals surface area (Å²) < 4.78 is 5.05. The number of nitrogens with one attached hydrogen (secondary N) is 2. The molecule has 2 heterocycles. The average Bonchev–Trinajstić information content (AvgIpc) is 2.80. The fraction of sp³-hybridized carbons (Fsp3) is 0.0800. The van der Waals surface area contributed by atoms with Crippen molar-refractivity contribution < 1.29 is 19.4 Å². The van der Waals surface area contributed by atoms with Gasteiger partial charge < -0.3 is 15.2 Å². The predicted molar refractivity (Wildman–Crippen MR) is 122 cm³/mol. The van der Waals surface area contributed by atoms with Gasteiger partial charge in [-0.25, -0.2) is 0 Å². The van der Waals surface area contributed by atoms with Gasteiger partial charge in [0.05, 0.1) is 12.7 Å². The largest absolute Gasteiger partial charge is 0.504 e. The van der Waals surface area contributed by atoms with Crippen molar-refractivity contribution in [3.63, 3.8) is 0 Å². The number of carbonyl (C=O) groups excluding carboxylic acids is 2. The van der Waals surface area contributed by atoms with E-state index in [1.807, 2.05) is 42.5 Å². The van der Waals surface area contributed by atoms with Gasteiger partial charge in [-0.1, -0.05) is 24.3 Å². The Hall–Kier alpha value is -4.39. The molecule has 2 amide bonds. The molecule has 2 aromatic carbocycles. The first kappa shape index (κ1) is 20.9. The van der Waals surface area contributed by atoms with Crippen molar-refractivity contribution in [3.05, 3.63) is 94.9 Å². The molecule has 0 fully saturated rings. The molecule has 0 aliphatic carbocycles. The Labute approximate surface area is 185 Å². The third-order valence-corrected chi connectivity index (χ3v) is 5.02. The van der Waals surface area contributed by atoms with E-state index in [4.69, 9.17) is 4.74 Å². The lowest BCUT2D eigenvalue weighted by atomic mass is 9.93. The highest BCUT2D eigenvalue weighted by molar-refractivity contribution is 6.31. The molecule has 7 nitrogen and oxygen atoms in total. The van der Waals surface area contributed by atoms with Crippen molar-refractivity contribution in [2.24, 2.45) is 0 Å². The topological polar surface area (TPSA) is 101 Å². The number of nitrogens with zero attached hydrogens (tertiary/aromatic N) is 1. The van der Waals surface area contributed by atoms with Crippen LogP contribution in [0.3, 0.4) is 0 Å². The van der Waals surface area contributed by atoms with Gasteiger partial charge in [0.1, 0.15) is 0 Å². The van der Waals surface area contributed by atoms with E-state index in [2.05, 4.69) is 15.6 Å². The maximum Gasteiger partial charge on any atom is 0.260 e. The van der Waals surface area contributed by atoms with Crippen LogP contribution in [0, 0.1) is 0 Å². The number of rotatable bonds is 6. The van der Waals surface area contributed by atoms with Gasteiger partial charge in [-0.15, -0.1) is 0 Å². The number of phenols is 1. The monoisotopic (exact) mass is 427 g/mol. The van der Waals surface area contributed by atoms with E-state index >= 15 is 0 Å². The van der Waals surface area contributed by atoms with Crippen LogP contribution in [-0.4, -0.2) is 29.0 Å². The Balaban J connectivity index is 1.58. The van der Waals surface area contributed by atoms with E-state index in [0.717, 1.165) is 16.7 Å². The standard InChI is InChI=1S/C25H21N3O4/c1-32-23-7-5-18(13-22(23)29)14-27-15-21-20-12-17(3-2-16-8-10-26-11-9-16)4-6-19(20)24(30)28-25(21)31/h2-13,15,27,29H,14H2,1H3,(H,28,30,31)/b3-2+,21-15-. The van der Waals surface area contributed by atoms with E-state index in [1.165, 1.54) is 7.11 Å². The Morgan fingerprint density at radius 2 is 1.75 bits per heavy atom. The smallest absolute Gasteiger partial charge is 0.260 e. The molecule has 32 heavy (non-hydrogen) atoms. The van der Waals surface area contributed by atoms with Gasteiger partial charge in [-0.2, -0.15) is 0 Å². The zero-order valence-electron chi connectivity index (χ0n) is 17.3. The Kier molecular flexibility index (Phi) is 5.98. The highest BCUT2D eigenvalue weighted by atomic mass is 16.5. The first-order valence-electron chi connectivity index (χ1n) is 9.93. The van der Waals surface area contributed by atoms with E-state index in [9.17, 15) is 14.7 Å². The normalized spacial score (nSPS) is 14.3. The summed E-state index contributed by atoms with van der Waals surface area (Å²) >= 11 is 0. The summed E-state index contributed by atoms with van der Waals surface area (Å²) in [6.45, 7) is 0.374. The van der Waals surface area contributed by atoms with Gasteiger partial charge in [0.15, 0.2) is 11.5 Å². The second-order valence-electron chi connectivity index (χ2n) is 7.15. The SMILES string of the molecule is COc1ccc(CN/C=C2\C(=O)NC(=O)c3ccc(/C=C/c4ccncc4)cc32)cc1O. The third kappa shape index (κ3) is 4.52. The number of benzene rings is 2. The van der Waals surface area contributed by atoms with Crippen molar-refractivity contribution in [1.29, 1.82) is 0 Å². The zero-order chi connectivity index (χ0) is 22.5. The highest BCUT2D eigenvalue weighted by Gasteiger charge is 2.27. The fourth-order valence-corrected chi connectivity index (χ4v) is 3.37. The molecule has 1 aliphatic rings. The highest BCUT2D eigenvalue weighted by Crippen LogP contribution is 2.27. The van der Waals surface area contributed by atoms with Gasteiger partial charge in [0.2, 0.25) is 0 Å². The van der Waals surface area contributed by atoms with E-state index in [1.54, 1.807) is 36.8 Å². The lowest BCUT2D eigenvalue weighted by Gasteiger charge is -2.19. The second kappa shape index (κ2) is 9.18. The number of carbonyl (C=O) groups is 2. The molecule has 0 saturated heterocycles. The lowest BCUT2D eigenvalue weighted by molar-refractivity contribution is -0.114. The van der Waals surface area contributed by atoms with Crippen LogP contribution >= 0.6 is 0 Å². The molecule has 0 bridgehead atoms. The molecule has 3 N–H and O–H groups in total. The fourth-order valence-electron chi connectivity index (χ4n) is 3.37. The van der Waals surface area contributed by atoms with Crippen LogP contribution in [0.4, 0.5) is 0 Å². The number of aromatic hydroxyl groups is 1. The molecule has 7 heteroatoms. The van der Waals surface area contributed by atoms with Crippen molar-refractivity contribution in [2.75, 3.05) is 7.11 Å². The molecular formula is C25H21N3O4. The molecule has 160 valence electrons. The lowest BCUT2D eigenvalue weighted by Crippen LogP contribution is -2.37. The first-order valence-corrected chi connectivity index (χ1v) is 9.93. The van der Waals surface area contributed by atoms with Crippen molar-refractivity contribution in [3.8, 4) is 11.5 Å². The first-order chi connectivity index (χ1) is 15.5. The van der Waals surface area contributed by atoms with Crippen LogP contribution in [0.5, 0.6) is 11.5 Å². The van der Waals surface area contributed by atoms with Gasteiger partial charge in [0.25, 0.3) is 11.8 Å². The van der Waals surface area contributed by atoms with Crippen LogP contribution < -0.4 is 15.4 Å². The summed E-state index contributed by atoms with van der Waals surface area (Å²) in [5, 5.41) is 15.4. The van der Waals surface area contributed by atoms with Gasteiger partial charge in [-0.3, -0.25) is 19.9 Å². The molecule has 0 saturated carbocycles. The molecule has 0 atom stereocenters. The molecule has 0 unspecified atom stereocenters. The minimum Gasteiger partial charge on any atom is -0.504 e. The number of methoxy groups -OCH3 is 1. The van der Waals surface area contributed by atoms with Crippen LogP contribution in [0.1, 0.15) is 32.6 Å². The van der Waals surface area contributed by atoms with Gasteiger partial charge in [-0.05, 0) is 53.1 Å². The van der Waals surface area contributed by atoms with Crippen LogP contribution in [0.15, 0.2) is 67.1 Å². The average molecular weight is 427 g/mol. The van der Waals surface area contributed by atoms with Crippen LogP contribution in [0.25, 0.3) is 17.7 Å². The van der Waals surface area contributed by atoms with Crippen LogP contribution in [-0.2, 0) is 11.3 Å². The number of amides is 2. The summed E-state index contributed by atoms with van der Waals surface area (Å²) in [6.07, 6.45) is 8.86. The minimum atomic E-state index is -0.470. The minimum absolute atomic E-state index is 0.0384. The Bertz CT molecular complexity index is 1230. The molecular weight excluding hydrogens is 406 g/mol. The summed E-state index contributed by atoms with van der Waals surface area (Å²) in [4.78, 5) is 28.8. The van der Waals surface area contributed by atoms with Gasteiger partial charge >= 0.3 is 0 Å². The Morgan fingerprint density at radius 1 is 0.969 bits per heavy atom. The maximum absolute atomic E-state index is 12.5. The summed E-state index contributed by atoms with van der Waals surface area (Å²) in [6, 6.07) is 14.2. The van der Waals surface area contributed by atoms with E-state index < -0.39 is 11.8 Å². The van der Waals surface area contributed by atoms with E-state index in [0.29, 0.717) is 29.0 Å².